The molecule has 6 nitrogen and oxygen atoms in total. The molecule has 1 aliphatic rings. The van der Waals surface area contributed by atoms with E-state index in [1.54, 1.807) is 6.33 Å². The zero-order valence-electron chi connectivity index (χ0n) is 8.81. The Labute approximate surface area is 88.3 Å². The predicted molar refractivity (Wildman–Crippen MR) is 53.1 cm³/mol. The van der Waals surface area contributed by atoms with Crippen LogP contribution < -0.4 is 5.32 Å². The highest BCUT2D eigenvalue weighted by molar-refractivity contribution is 4.88. The summed E-state index contributed by atoms with van der Waals surface area (Å²) in [6.07, 6.45) is 2.35. The summed E-state index contributed by atoms with van der Waals surface area (Å²) in [4.78, 5) is 0. The zero-order valence-corrected chi connectivity index (χ0v) is 8.81. The Morgan fingerprint density at radius 1 is 1.73 bits per heavy atom. The van der Waals surface area contributed by atoms with Crippen LogP contribution in [0.1, 0.15) is 12.2 Å². The number of hydrogen-bond donors (Lipinski definition) is 2. The predicted octanol–water partition coefficient (Wildman–Crippen LogP) is -0.944. The van der Waals surface area contributed by atoms with E-state index in [4.69, 9.17) is 4.74 Å². The summed E-state index contributed by atoms with van der Waals surface area (Å²) in [7, 11) is 1.89. The van der Waals surface area contributed by atoms with E-state index in [-0.39, 0.29) is 0 Å². The van der Waals surface area contributed by atoms with Crippen LogP contribution in [0.15, 0.2) is 6.33 Å². The third-order valence-corrected chi connectivity index (χ3v) is 2.62. The SMILES string of the molecule is Cn1cnnc1CNCC1(O)CCOC1. The van der Waals surface area contributed by atoms with E-state index in [0.717, 1.165) is 5.82 Å². The third kappa shape index (κ3) is 2.53. The molecule has 1 atom stereocenters. The molecule has 0 saturated carbocycles. The van der Waals surface area contributed by atoms with Gasteiger partial charge in [-0.25, -0.2) is 0 Å². The van der Waals surface area contributed by atoms with E-state index in [2.05, 4.69) is 15.5 Å². The minimum absolute atomic E-state index is 0.415. The average Bonchev–Trinajstić information content (AvgIpc) is 2.78. The van der Waals surface area contributed by atoms with E-state index in [0.29, 0.717) is 32.7 Å². The molecule has 15 heavy (non-hydrogen) atoms. The first-order valence-electron chi connectivity index (χ1n) is 5.03. The minimum atomic E-state index is -0.710. The van der Waals surface area contributed by atoms with Gasteiger partial charge in [0, 0.05) is 26.6 Å². The Kier molecular flexibility index (Phi) is 2.99. The number of aryl methyl sites for hydroxylation is 1. The Hall–Kier alpha value is -0.980. The lowest BCUT2D eigenvalue weighted by atomic mass is 10.0. The number of aromatic nitrogens is 3. The number of nitrogens with one attached hydrogen (secondary N) is 1. The van der Waals surface area contributed by atoms with Crippen molar-refractivity contribution in [2.75, 3.05) is 19.8 Å². The number of nitrogens with zero attached hydrogens (tertiary/aromatic N) is 3. The molecule has 6 heteroatoms. The first kappa shape index (κ1) is 10.5. The van der Waals surface area contributed by atoms with Crippen molar-refractivity contribution in [3.05, 3.63) is 12.2 Å². The molecule has 0 aromatic carbocycles. The molecule has 1 saturated heterocycles. The Morgan fingerprint density at radius 2 is 2.60 bits per heavy atom. The maximum atomic E-state index is 9.96. The standard InChI is InChI=1S/C9H16N4O2/c1-13-7-11-12-8(13)4-10-5-9(14)2-3-15-6-9/h7,10,14H,2-6H2,1H3. The van der Waals surface area contributed by atoms with Crippen LogP contribution in [0, 0.1) is 0 Å². The average molecular weight is 212 g/mol. The van der Waals surface area contributed by atoms with Gasteiger partial charge < -0.3 is 19.7 Å². The number of aliphatic hydroxyl groups is 1. The summed E-state index contributed by atoms with van der Waals surface area (Å²) in [6, 6.07) is 0. The molecule has 84 valence electrons. The van der Waals surface area contributed by atoms with Gasteiger partial charge in [-0.2, -0.15) is 0 Å². The van der Waals surface area contributed by atoms with Crippen LogP contribution in [-0.2, 0) is 18.3 Å². The van der Waals surface area contributed by atoms with Gasteiger partial charge in [-0.15, -0.1) is 10.2 Å². The fourth-order valence-corrected chi connectivity index (χ4v) is 1.61. The molecule has 0 bridgehead atoms. The molecular weight excluding hydrogens is 196 g/mol. The largest absolute Gasteiger partial charge is 0.386 e. The van der Waals surface area contributed by atoms with Crippen molar-refractivity contribution < 1.29 is 9.84 Å². The van der Waals surface area contributed by atoms with Crippen LogP contribution >= 0.6 is 0 Å². The quantitative estimate of drug-likeness (QED) is 0.673. The summed E-state index contributed by atoms with van der Waals surface area (Å²) >= 11 is 0. The normalized spacial score (nSPS) is 26.0. The van der Waals surface area contributed by atoms with Gasteiger partial charge in [0.25, 0.3) is 0 Å². The second-order valence-corrected chi connectivity index (χ2v) is 3.99. The molecule has 0 aliphatic carbocycles. The molecule has 1 aliphatic heterocycles. The lowest BCUT2D eigenvalue weighted by Gasteiger charge is -2.20. The first-order chi connectivity index (χ1) is 7.20. The monoisotopic (exact) mass is 212 g/mol. The molecule has 0 radical (unpaired) electrons. The van der Waals surface area contributed by atoms with Gasteiger partial charge in [0.2, 0.25) is 0 Å². The molecular formula is C9H16N4O2. The highest BCUT2D eigenvalue weighted by Crippen LogP contribution is 2.16. The molecule has 1 unspecified atom stereocenters. The lowest BCUT2D eigenvalue weighted by molar-refractivity contribution is 0.0267. The maximum Gasteiger partial charge on any atom is 0.146 e. The second kappa shape index (κ2) is 4.26. The van der Waals surface area contributed by atoms with Crippen molar-refractivity contribution in [3.8, 4) is 0 Å². The van der Waals surface area contributed by atoms with Gasteiger partial charge in [-0.1, -0.05) is 0 Å². The molecule has 2 N–H and O–H groups in total. The fraction of sp³-hybridized carbons (Fsp3) is 0.778. The maximum absolute atomic E-state index is 9.96. The van der Waals surface area contributed by atoms with E-state index in [1.807, 2.05) is 11.6 Å². The van der Waals surface area contributed by atoms with E-state index >= 15 is 0 Å². The van der Waals surface area contributed by atoms with E-state index < -0.39 is 5.60 Å². The topological polar surface area (TPSA) is 72.2 Å². The molecule has 1 aromatic heterocycles. The molecule has 0 amide bonds. The summed E-state index contributed by atoms with van der Waals surface area (Å²) < 4.78 is 7.00. The second-order valence-electron chi connectivity index (χ2n) is 3.99. The van der Waals surface area contributed by atoms with Crippen molar-refractivity contribution in [2.45, 2.75) is 18.6 Å². The van der Waals surface area contributed by atoms with Crippen molar-refractivity contribution in [1.82, 2.24) is 20.1 Å². The van der Waals surface area contributed by atoms with E-state index in [9.17, 15) is 5.11 Å². The Balaban J connectivity index is 1.77. The molecule has 2 rings (SSSR count). The lowest BCUT2D eigenvalue weighted by Crippen LogP contribution is -2.41. The van der Waals surface area contributed by atoms with E-state index in [1.165, 1.54) is 0 Å². The molecule has 0 spiro atoms. The Morgan fingerprint density at radius 3 is 3.20 bits per heavy atom. The number of hydrogen-bond acceptors (Lipinski definition) is 5. The Bertz CT molecular complexity index is 320. The summed E-state index contributed by atoms with van der Waals surface area (Å²) in [6.45, 7) is 2.19. The van der Waals surface area contributed by atoms with Crippen LogP contribution in [0.2, 0.25) is 0 Å². The van der Waals surface area contributed by atoms with Crippen LogP contribution in [0.3, 0.4) is 0 Å². The first-order valence-corrected chi connectivity index (χ1v) is 5.03. The molecule has 1 fully saturated rings. The van der Waals surface area contributed by atoms with Gasteiger partial charge in [-0.3, -0.25) is 0 Å². The van der Waals surface area contributed by atoms with Crippen molar-refractivity contribution in [1.29, 1.82) is 0 Å². The summed E-state index contributed by atoms with van der Waals surface area (Å²) in [5, 5.41) is 20.8. The van der Waals surface area contributed by atoms with Gasteiger partial charge in [0.1, 0.15) is 17.8 Å². The highest BCUT2D eigenvalue weighted by Gasteiger charge is 2.31. The highest BCUT2D eigenvalue weighted by atomic mass is 16.5. The molecule has 2 heterocycles. The minimum Gasteiger partial charge on any atom is -0.386 e. The van der Waals surface area contributed by atoms with Crippen LogP contribution in [0.5, 0.6) is 0 Å². The van der Waals surface area contributed by atoms with Gasteiger partial charge >= 0.3 is 0 Å². The smallest absolute Gasteiger partial charge is 0.146 e. The van der Waals surface area contributed by atoms with Crippen molar-refractivity contribution >= 4 is 0 Å². The van der Waals surface area contributed by atoms with Crippen LogP contribution in [0.4, 0.5) is 0 Å². The van der Waals surface area contributed by atoms with Crippen LogP contribution in [0.25, 0.3) is 0 Å². The van der Waals surface area contributed by atoms with Crippen molar-refractivity contribution in [2.24, 2.45) is 7.05 Å². The summed E-state index contributed by atoms with van der Waals surface area (Å²) in [5.41, 5.74) is -0.710. The number of ether oxygens (including phenoxy) is 1. The number of rotatable bonds is 4. The summed E-state index contributed by atoms with van der Waals surface area (Å²) in [5.74, 6) is 0.859. The van der Waals surface area contributed by atoms with Crippen LogP contribution in [-0.4, -0.2) is 45.2 Å². The van der Waals surface area contributed by atoms with Crippen molar-refractivity contribution in [3.63, 3.8) is 0 Å². The zero-order chi connectivity index (χ0) is 10.7. The van der Waals surface area contributed by atoms with Gasteiger partial charge in [0.15, 0.2) is 0 Å². The fourth-order valence-electron chi connectivity index (χ4n) is 1.61. The molecule has 1 aromatic rings. The third-order valence-electron chi connectivity index (χ3n) is 2.62. The van der Waals surface area contributed by atoms with Gasteiger partial charge in [0.05, 0.1) is 13.2 Å². The van der Waals surface area contributed by atoms with Gasteiger partial charge in [-0.05, 0) is 0 Å².